The quantitative estimate of drug-likeness (QED) is 0.703. The predicted molar refractivity (Wildman–Crippen MR) is 55.4 cm³/mol. The zero-order valence-corrected chi connectivity index (χ0v) is 9.46. The van der Waals surface area contributed by atoms with Crippen molar-refractivity contribution in [1.29, 1.82) is 0 Å². The van der Waals surface area contributed by atoms with E-state index in [4.69, 9.17) is 5.11 Å². The van der Waals surface area contributed by atoms with Gasteiger partial charge in [-0.2, -0.15) is 13.2 Å². The van der Waals surface area contributed by atoms with E-state index in [0.717, 1.165) is 19.4 Å². The van der Waals surface area contributed by atoms with Crippen molar-refractivity contribution < 1.29 is 23.1 Å². The minimum atomic E-state index is -4.80. The van der Waals surface area contributed by atoms with Crippen molar-refractivity contribution in [2.75, 3.05) is 26.2 Å². The topological polar surface area (TPSA) is 52.6 Å². The number of carbonyl (C=O) groups excluding carboxylic acids is 1. The number of hydrogen-bond acceptors (Lipinski definition) is 3. The van der Waals surface area contributed by atoms with E-state index in [2.05, 4.69) is 0 Å². The molecule has 1 rings (SSSR count). The number of amides is 1. The van der Waals surface area contributed by atoms with Gasteiger partial charge in [-0.15, -0.1) is 0 Å². The molecular weight excluding hydrogens is 237 g/mol. The van der Waals surface area contributed by atoms with Crippen LogP contribution in [0.4, 0.5) is 13.2 Å². The lowest BCUT2D eigenvalue weighted by Crippen LogP contribution is -2.39. The molecule has 1 atom stereocenters. The zero-order valence-electron chi connectivity index (χ0n) is 9.46. The van der Waals surface area contributed by atoms with Gasteiger partial charge in [0.05, 0.1) is 6.61 Å². The minimum absolute atomic E-state index is 0.00694. The van der Waals surface area contributed by atoms with E-state index in [9.17, 15) is 18.0 Å². The lowest BCUT2D eigenvalue weighted by molar-refractivity contribution is -0.173. The number of likely N-dealkylation sites (tertiary alicyclic amines) is 1. The van der Waals surface area contributed by atoms with Crippen LogP contribution in [-0.4, -0.2) is 54.4 Å². The predicted octanol–water partition coefficient (Wildman–Crippen LogP) is 0.512. The highest BCUT2D eigenvalue weighted by Crippen LogP contribution is 2.16. The van der Waals surface area contributed by atoms with Gasteiger partial charge in [0.2, 0.25) is 0 Å². The number of nitrogens with one attached hydrogen (secondary N) is 1. The van der Waals surface area contributed by atoms with Gasteiger partial charge in [-0.25, -0.2) is 0 Å². The molecule has 0 spiro atoms. The lowest BCUT2D eigenvalue weighted by Gasteiger charge is -2.22. The molecule has 4 nitrogen and oxygen atoms in total. The average Bonchev–Trinajstić information content (AvgIpc) is 2.70. The summed E-state index contributed by atoms with van der Waals surface area (Å²) in [5.74, 6) is -1.89. The SMILES string of the molecule is O=C(NCCCN1CCCC1CO)C(F)(F)F. The van der Waals surface area contributed by atoms with Gasteiger partial charge < -0.3 is 10.4 Å². The molecule has 1 fully saturated rings. The number of rotatable bonds is 5. The summed E-state index contributed by atoms with van der Waals surface area (Å²) in [5.41, 5.74) is 0. The van der Waals surface area contributed by atoms with Crippen LogP contribution in [0.15, 0.2) is 0 Å². The van der Waals surface area contributed by atoms with Crippen molar-refractivity contribution in [2.24, 2.45) is 0 Å². The second-order valence-electron chi connectivity index (χ2n) is 4.12. The number of hydrogen-bond donors (Lipinski definition) is 2. The van der Waals surface area contributed by atoms with Crippen molar-refractivity contribution in [3.63, 3.8) is 0 Å². The summed E-state index contributed by atoms with van der Waals surface area (Å²) in [5, 5.41) is 10.9. The Morgan fingerprint density at radius 3 is 2.76 bits per heavy atom. The Balaban J connectivity index is 2.14. The molecule has 0 saturated carbocycles. The zero-order chi connectivity index (χ0) is 12.9. The maximum atomic E-state index is 11.8. The highest BCUT2D eigenvalue weighted by Gasteiger charge is 2.38. The number of aliphatic hydroxyl groups is 1. The highest BCUT2D eigenvalue weighted by molar-refractivity contribution is 5.81. The van der Waals surface area contributed by atoms with Crippen LogP contribution in [0.3, 0.4) is 0 Å². The van der Waals surface area contributed by atoms with E-state index in [0.29, 0.717) is 13.0 Å². The molecule has 1 aliphatic rings. The lowest BCUT2D eigenvalue weighted by atomic mass is 10.2. The molecule has 0 aliphatic carbocycles. The monoisotopic (exact) mass is 254 g/mol. The third kappa shape index (κ3) is 4.51. The molecule has 1 aliphatic heterocycles. The molecular formula is C10H17F3N2O2. The Bertz CT molecular complexity index is 258. The molecule has 100 valence electrons. The maximum absolute atomic E-state index is 11.8. The largest absolute Gasteiger partial charge is 0.471 e. The Morgan fingerprint density at radius 1 is 1.47 bits per heavy atom. The number of halogens is 3. The molecule has 17 heavy (non-hydrogen) atoms. The smallest absolute Gasteiger partial charge is 0.395 e. The van der Waals surface area contributed by atoms with Crippen LogP contribution in [0.25, 0.3) is 0 Å². The van der Waals surface area contributed by atoms with E-state index < -0.39 is 12.1 Å². The Labute approximate surface area is 97.8 Å². The second kappa shape index (κ2) is 6.20. The molecule has 0 aromatic carbocycles. The fraction of sp³-hybridized carbons (Fsp3) is 0.900. The molecule has 0 radical (unpaired) electrons. The summed E-state index contributed by atoms with van der Waals surface area (Å²) in [6.07, 6.45) is -2.43. The van der Waals surface area contributed by atoms with Crippen LogP contribution in [0.2, 0.25) is 0 Å². The van der Waals surface area contributed by atoms with Crippen LogP contribution >= 0.6 is 0 Å². The number of nitrogens with zero attached hydrogens (tertiary/aromatic N) is 1. The summed E-state index contributed by atoms with van der Waals surface area (Å²) in [6.45, 7) is 1.55. The third-order valence-electron chi connectivity index (χ3n) is 2.87. The van der Waals surface area contributed by atoms with Gasteiger partial charge in [0.15, 0.2) is 0 Å². The van der Waals surface area contributed by atoms with Crippen molar-refractivity contribution in [3.8, 4) is 0 Å². The van der Waals surface area contributed by atoms with E-state index in [1.54, 1.807) is 0 Å². The van der Waals surface area contributed by atoms with Crippen molar-refractivity contribution >= 4 is 5.91 Å². The molecule has 1 unspecified atom stereocenters. The fourth-order valence-electron chi connectivity index (χ4n) is 1.98. The molecule has 0 bridgehead atoms. The van der Waals surface area contributed by atoms with Crippen molar-refractivity contribution in [3.05, 3.63) is 0 Å². The van der Waals surface area contributed by atoms with Gasteiger partial charge in [0, 0.05) is 19.1 Å². The Kier molecular flexibility index (Phi) is 5.20. The van der Waals surface area contributed by atoms with Gasteiger partial charge in [0.25, 0.3) is 0 Å². The normalized spacial score (nSPS) is 21.8. The second-order valence-corrected chi connectivity index (χ2v) is 4.12. The number of aliphatic hydroxyl groups excluding tert-OH is 1. The molecule has 1 saturated heterocycles. The molecule has 1 heterocycles. The standard InChI is InChI=1S/C10H17F3N2O2/c11-10(12,13)9(17)14-4-2-6-15-5-1-3-8(15)7-16/h8,16H,1-7H2,(H,14,17). The first-order valence-electron chi connectivity index (χ1n) is 5.65. The maximum Gasteiger partial charge on any atom is 0.471 e. The molecule has 0 aromatic heterocycles. The first-order valence-corrected chi connectivity index (χ1v) is 5.65. The number of carbonyl (C=O) groups is 1. The van der Waals surface area contributed by atoms with Crippen LogP contribution in [0, 0.1) is 0 Å². The molecule has 2 N–H and O–H groups in total. The van der Waals surface area contributed by atoms with Crippen LogP contribution in [-0.2, 0) is 4.79 Å². The van der Waals surface area contributed by atoms with Gasteiger partial charge in [0.1, 0.15) is 0 Å². The average molecular weight is 254 g/mol. The first kappa shape index (κ1) is 14.2. The Morgan fingerprint density at radius 2 is 2.18 bits per heavy atom. The minimum Gasteiger partial charge on any atom is -0.395 e. The molecule has 0 aromatic rings. The fourth-order valence-corrected chi connectivity index (χ4v) is 1.98. The van der Waals surface area contributed by atoms with Gasteiger partial charge in [-0.05, 0) is 25.8 Å². The van der Waals surface area contributed by atoms with Crippen molar-refractivity contribution in [2.45, 2.75) is 31.5 Å². The van der Waals surface area contributed by atoms with Gasteiger partial charge in [-0.3, -0.25) is 9.69 Å². The molecule has 7 heteroatoms. The summed E-state index contributed by atoms with van der Waals surface area (Å²) in [7, 11) is 0. The van der Waals surface area contributed by atoms with Gasteiger partial charge >= 0.3 is 12.1 Å². The highest BCUT2D eigenvalue weighted by atomic mass is 19.4. The number of alkyl halides is 3. The van der Waals surface area contributed by atoms with E-state index in [-0.39, 0.29) is 19.2 Å². The summed E-state index contributed by atoms with van der Waals surface area (Å²) in [6, 6.07) is 0.119. The summed E-state index contributed by atoms with van der Waals surface area (Å²) in [4.78, 5) is 12.5. The van der Waals surface area contributed by atoms with E-state index >= 15 is 0 Å². The Hall–Kier alpha value is -0.820. The molecule has 1 amide bonds. The third-order valence-corrected chi connectivity index (χ3v) is 2.87. The van der Waals surface area contributed by atoms with Crippen molar-refractivity contribution in [1.82, 2.24) is 10.2 Å². The van der Waals surface area contributed by atoms with Crippen LogP contribution in [0.1, 0.15) is 19.3 Å². The van der Waals surface area contributed by atoms with Crippen LogP contribution in [0.5, 0.6) is 0 Å². The van der Waals surface area contributed by atoms with Gasteiger partial charge in [-0.1, -0.05) is 0 Å². The first-order chi connectivity index (χ1) is 7.95. The summed E-state index contributed by atoms with van der Waals surface area (Å²) < 4.78 is 35.5. The van der Waals surface area contributed by atoms with Crippen LogP contribution < -0.4 is 5.32 Å². The van der Waals surface area contributed by atoms with E-state index in [1.807, 2.05) is 10.2 Å². The summed E-state index contributed by atoms with van der Waals surface area (Å²) >= 11 is 0. The van der Waals surface area contributed by atoms with E-state index in [1.165, 1.54) is 0 Å².